The van der Waals surface area contributed by atoms with Crippen LogP contribution in [-0.2, 0) is 0 Å². The van der Waals surface area contributed by atoms with Crippen LogP contribution in [-0.4, -0.2) is 53.5 Å². The molecular formula is C31H57ClN2O2SSi3. The SMILES string of the molecule is C[Si](C)(C)C[Si](C)(C)C[Si](C)(C)CCCCCCCCCCCOc1ccc(-c2nnc(OCCCCl)s2)cc1. The highest BCUT2D eigenvalue weighted by atomic mass is 35.5. The van der Waals surface area contributed by atoms with E-state index in [0.29, 0.717) is 17.7 Å². The lowest BCUT2D eigenvalue weighted by Gasteiger charge is -2.36. The minimum absolute atomic E-state index is 0.573. The zero-order valence-electron chi connectivity index (χ0n) is 26.6. The molecule has 1 heterocycles. The average Bonchev–Trinajstić information content (AvgIpc) is 3.32. The van der Waals surface area contributed by atoms with Crippen molar-refractivity contribution in [2.24, 2.45) is 0 Å². The number of ether oxygens (including phenoxy) is 2. The molecule has 0 amide bonds. The summed E-state index contributed by atoms with van der Waals surface area (Å²) in [6.45, 7) is 19.7. The zero-order valence-corrected chi connectivity index (χ0v) is 31.2. The quantitative estimate of drug-likeness (QED) is 0.0729. The smallest absolute Gasteiger partial charge is 0.294 e. The monoisotopic (exact) mass is 640 g/mol. The number of hydrogen-bond donors (Lipinski definition) is 0. The van der Waals surface area contributed by atoms with Crippen LogP contribution in [0.2, 0.25) is 63.2 Å². The van der Waals surface area contributed by atoms with E-state index < -0.39 is 24.2 Å². The summed E-state index contributed by atoms with van der Waals surface area (Å²) >= 11 is 7.15. The number of hydrogen-bond acceptors (Lipinski definition) is 5. The van der Waals surface area contributed by atoms with E-state index >= 15 is 0 Å². The topological polar surface area (TPSA) is 44.2 Å². The number of halogens is 1. The van der Waals surface area contributed by atoms with E-state index in [0.717, 1.165) is 35.8 Å². The van der Waals surface area contributed by atoms with Crippen LogP contribution in [0, 0.1) is 0 Å². The molecule has 0 radical (unpaired) electrons. The summed E-state index contributed by atoms with van der Waals surface area (Å²) in [6.07, 6.45) is 13.0. The van der Waals surface area contributed by atoms with Gasteiger partial charge in [-0.05, 0) is 37.1 Å². The van der Waals surface area contributed by atoms with Crippen LogP contribution in [0.25, 0.3) is 10.6 Å². The van der Waals surface area contributed by atoms with E-state index in [1.165, 1.54) is 62.7 Å². The highest BCUT2D eigenvalue weighted by Crippen LogP contribution is 2.31. The van der Waals surface area contributed by atoms with Crippen molar-refractivity contribution < 1.29 is 9.47 Å². The predicted octanol–water partition coefficient (Wildman–Crippen LogP) is 10.9. The van der Waals surface area contributed by atoms with Gasteiger partial charge in [0.2, 0.25) is 0 Å². The highest BCUT2D eigenvalue weighted by molar-refractivity contribution is 7.16. The molecule has 0 spiro atoms. The Labute approximate surface area is 258 Å². The first-order chi connectivity index (χ1) is 18.9. The Bertz CT molecular complexity index is 949. The van der Waals surface area contributed by atoms with Gasteiger partial charge in [-0.25, -0.2) is 0 Å². The molecule has 0 aliphatic carbocycles. The first-order valence-electron chi connectivity index (χ1n) is 15.6. The Kier molecular flexibility index (Phi) is 16.1. The van der Waals surface area contributed by atoms with Gasteiger partial charge in [0, 0.05) is 35.7 Å². The fourth-order valence-electron chi connectivity index (χ4n) is 6.31. The third kappa shape index (κ3) is 16.1. The minimum Gasteiger partial charge on any atom is -0.494 e. The van der Waals surface area contributed by atoms with Gasteiger partial charge in [0.1, 0.15) is 5.75 Å². The maximum Gasteiger partial charge on any atom is 0.294 e. The number of nitrogens with zero attached hydrogens (tertiary/aromatic N) is 2. The van der Waals surface area contributed by atoms with Gasteiger partial charge in [-0.3, -0.25) is 0 Å². The van der Waals surface area contributed by atoms with Gasteiger partial charge >= 0.3 is 0 Å². The average molecular weight is 642 g/mol. The standard InChI is InChI=1S/C31H57ClN2O2SSi3/c1-38(2,3)26-40(6,7)27-39(4,5)25-16-14-12-10-8-9-11-13-15-23-35-29-20-18-28(19-21-29)30-33-34-31(37-30)36-24-17-22-32/h18-21H,8-17,22-27H2,1-7H3. The summed E-state index contributed by atoms with van der Waals surface area (Å²) in [6, 6.07) is 9.66. The number of alkyl halides is 1. The fraction of sp³-hybridized carbons (Fsp3) is 0.742. The van der Waals surface area contributed by atoms with Crippen molar-refractivity contribution >= 4 is 47.2 Å². The Morgan fingerprint density at radius 1 is 0.650 bits per heavy atom. The molecule has 0 atom stereocenters. The van der Waals surface area contributed by atoms with Gasteiger partial charge in [0.05, 0.1) is 13.2 Å². The van der Waals surface area contributed by atoms with E-state index in [-0.39, 0.29) is 0 Å². The summed E-state index contributed by atoms with van der Waals surface area (Å²) < 4.78 is 11.5. The lowest BCUT2D eigenvalue weighted by Crippen LogP contribution is -2.44. The van der Waals surface area contributed by atoms with Crippen LogP contribution in [0.1, 0.15) is 64.2 Å². The molecule has 0 saturated carbocycles. The van der Waals surface area contributed by atoms with Crippen LogP contribution in [0.15, 0.2) is 24.3 Å². The van der Waals surface area contributed by atoms with Gasteiger partial charge in [-0.15, -0.1) is 16.7 Å². The van der Waals surface area contributed by atoms with Crippen LogP contribution in [0.4, 0.5) is 0 Å². The van der Waals surface area contributed by atoms with Gasteiger partial charge < -0.3 is 9.47 Å². The van der Waals surface area contributed by atoms with E-state index in [1.807, 2.05) is 24.3 Å². The molecule has 9 heteroatoms. The summed E-state index contributed by atoms with van der Waals surface area (Å²) in [4.78, 5) is 0. The largest absolute Gasteiger partial charge is 0.494 e. The zero-order chi connectivity index (χ0) is 29.5. The Morgan fingerprint density at radius 2 is 1.23 bits per heavy atom. The number of benzene rings is 1. The normalized spacial score (nSPS) is 12.6. The first kappa shape index (κ1) is 35.5. The molecular weight excluding hydrogens is 584 g/mol. The fourth-order valence-corrected chi connectivity index (χ4v) is 32.5. The van der Waals surface area contributed by atoms with E-state index in [4.69, 9.17) is 21.1 Å². The predicted molar refractivity (Wildman–Crippen MR) is 186 cm³/mol. The second-order valence-electron chi connectivity index (χ2n) is 14.3. The second kappa shape index (κ2) is 18.1. The summed E-state index contributed by atoms with van der Waals surface area (Å²) in [5.41, 5.74) is 4.28. The maximum absolute atomic E-state index is 5.96. The molecule has 0 aliphatic heterocycles. The molecule has 228 valence electrons. The van der Waals surface area contributed by atoms with Gasteiger partial charge in [-0.1, -0.05) is 131 Å². The van der Waals surface area contributed by atoms with E-state index in [1.54, 1.807) is 17.4 Å². The van der Waals surface area contributed by atoms with Gasteiger partial charge in [-0.2, -0.15) is 0 Å². The van der Waals surface area contributed by atoms with Gasteiger partial charge in [0.25, 0.3) is 5.19 Å². The van der Waals surface area contributed by atoms with E-state index in [2.05, 4.69) is 56.0 Å². The molecule has 4 nitrogen and oxygen atoms in total. The van der Waals surface area contributed by atoms with Crippen LogP contribution in [0.3, 0.4) is 0 Å². The van der Waals surface area contributed by atoms with Crippen molar-refractivity contribution in [3.63, 3.8) is 0 Å². The minimum atomic E-state index is -1.02. The number of unbranched alkanes of at least 4 members (excludes halogenated alkanes) is 8. The van der Waals surface area contributed by atoms with Crippen LogP contribution < -0.4 is 9.47 Å². The van der Waals surface area contributed by atoms with Crippen LogP contribution in [0.5, 0.6) is 10.9 Å². The Morgan fingerprint density at radius 3 is 1.82 bits per heavy atom. The first-order valence-corrected chi connectivity index (χ1v) is 27.5. The highest BCUT2D eigenvalue weighted by Gasteiger charge is 2.34. The number of rotatable bonds is 22. The van der Waals surface area contributed by atoms with Crippen molar-refractivity contribution in [2.75, 3.05) is 19.1 Å². The van der Waals surface area contributed by atoms with Gasteiger partial charge in [0.15, 0.2) is 5.01 Å². The van der Waals surface area contributed by atoms with Crippen molar-refractivity contribution in [2.45, 2.75) is 127 Å². The molecule has 1 aromatic carbocycles. The third-order valence-electron chi connectivity index (χ3n) is 7.24. The molecule has 0 fully saturated rings. The van der Waals surface area contributed by atoms with Crippen molar-refractivity contribution in [3.05, 3.63) is 24.3 Å². The molecule has 2 aromatic rings. The van der Waals surface area contributed by atoms with Crippen molar-refractivity contribution in [1.29, 1.82) is 0 Å². The summed E-state index contributed by atoms with van der Waals surface area (Å²) in [5.74, 6) is 1.51. The third-order valence-corrected chi connectivity index (χ3v) is 25.8. The van der Waals surface area contributed by atoms with Crippen molar-refractivity contribution in [1.82, 2.24) is 10.2 Å². The molecule has 1 aromatic heterocycles. The van der Waals surface area contributed by atoms with Crippen molar-refractivity contribution in [3.8, 4) is 21.5 Å². The molecule has 2 rings (SSSR count). The maximum atomic E-state index is 5.96. The Balaban J connectivity index is 1.47. The Hall–Kier alpha value is -0.679. The molecule has 40 heavy (non-hydrogen) atoms. The molecule has 0 N–H and O–H groups in total. The second-order valence-corrected chi connectivity index (χ2v) is 32.7. The summed E-state index contributed by atoms with van der Waals surface area (Å²) in [5, 5.41) is 9.78. The number of aromatic nitrogens is 2. The molecule has 0 saturated heterocycles. The van der Waals surface area contributed by atoms with Crippen LogP contribution >= 0.6 is 22.9 Å². The molecule has 0 unspecified atom stereocenters. The summed E-state index contributed by atoms with van der Waals surface area (Å²) in [7, 11) is -2.95. The van der Waals surface area contributed by atoms with E-state index in [9.17, 15) is 0 Å². The lowest BCUT2D eigenvalue weighted by molar-refractivity contribution is 0.304. The molecule has 0 bridgehead atoms. The molecule has 0 aliphatic rings. The lowest BCUT2D eigenvalue weighted by atomic mass is 10.1.